The second-order valence-electron chi connectivity index (χ2n) is 7.79. The lowest BCUT2D eigenvalue weighted by molar-refractivity contribution is -0.140. The molecule has 7 heteroatoms. The highest BCUT2D eigenvalue weighted by Gasteiger charge is 2.33. The number of carbonyl (C=O) groups is 1. The summed E-state index contributed by atoms with van der Waals surface area (Å²) < 4.78 is 38.0. The number of carbonyl (C=O) groups excluding carboxylic acids is 1. The first-order chi connectivity index (χ1) is 14.9. The van der Waals surface area contributed by atoms with Gasteiger partial charge in [0.25, 0.3) is 0 Å². The largest absolute Gasteiger partial charge is 0.497 e. The van der Waals surface area contributed by atoms with Gasteiger partial charge in [-0.2, -0.15) is 4.31 Å². The molecule has 0 aromatic heterocycles. The molecule has 0 spiro atoms. The Morgan fingerprint density at radius 1 is 0.903 bits per heavy atom. The van der Waals surface area contributed by atoms with Gasteiger partial charge >= 0.3 is 5.97 Å². The fourth-order valence-electron chi connectivity index (χ4n) is 3.78. The molecule has 1 heterocycles. The normalized spacial score (nSPS) is 15.7. The molecule has 162 valence electrons. The van der Waals surface area contributed by atoms with Crippen molar-refractivity contribution < 1.29 is 22.7 Å². The average Bonchev–Trinajstić information content (AvgIpc) is 2.79. The van der Waals surface area contributed by atoms with Gasteiger partial charge in [0, 0.05) is 13.1 Å². The molecule has 3 aromatic carbocycles. The van der Waals surface area contributed by atoms with Crippen LogP contribution in [0.15, 0.2) is 65.6 Å². The first-order valence-corrected chi connectivity index (χ1v) is 11.7. The van der Waals surface area contributed by atoms with Gasteiger partial charge in [0.15, 0.2) is 0 Å². The van der Waals surface area contributed by atoms with E-state index in [1.165, 1.54) is 4.31 Å². The average molecular weight is 440 g/mol. The van der Waals surface area contributed by atoms with Gasteiger partial charge in [-0.1, -0.05) is 29.8 Å². The van der Waals surface area contributed by atoms with E-state index in [4.69, 9.17) is 9.47 Å². The molecule has 1 fully saturated rings. The summed E-state index contributed by atoms with van der Waals surface area (Å²) in [5, 5.41) is 1.94. The zero-order chi connectivity index (χ0) is 22.0. The molecule has 0 radical (unpaired) electrons. The van der Waals surface area contributed by atoms with Crippen molar-refractivity contribution >= 4 is 26.8 Å². The predicted molar refractivity (Wildman–Crippen MR) is 119 cm³/mol. The van der Waals surface area contributed by atoms with Crippen LogP contribution in [-0.4, -0.2) is 38.9 Å². The summed E-state index contributed by atoms with van der Waals surface area (Å²) in [6, 6.07) is 18.0. The van der Waals surface area contributed by atoms with Crippen molar-refractivity contribution in [3.63, 3.8) is 0 Å². The Balaban J connectivity index is 1.40. The summed E-state index contributed by atoms with van der Waals surface area (Å²) in [4.78, 5) is 13.0. The van der Waals surface area contributed by atoms with Gasteiger partial charge < -0.3 is 9.47 Å². The molecule has 31 heavy (non-hydrogen) atoms. The van der Waals surface area contributed by atoms with Gasteiger partial charge in [-0.15, -0.1) is 0 Å². The molecule has 4 rings (SSSR count). The molecule has 0 N–H and O–H groups in total. The Morgan fingerprint density at radius 3 is 2.16 bits per heavy atom. The third kappa shape index (κ3) is 4.57. The molecule has 0 unspecified atom stereocenters. The Labute approximate surface area is 182 Å². The monoisotopic (exact) mass is 439 g/mol. The van der Waals surface area contributed by atoms with E-state index in [0.717, 1.165) is 22.1 Å². The quantitative estimate of drug-likeness (QED) is 0.441. The Kier molecular flexibility index (Phi) is 5.98. The highest BCUT2D eigenvalue weighted by atomic mass is 32.2. The summed E-state index contributed by atoms with van der Waals surface area (Å²) >= 11 is 0. The molecule has 1 aliphatic rings. The number of benzene rings is 3. The second-order valence-corrected chi connectivity index (χ2v) is 9.73. The van der Waals surface area contributed by atoms with Gasteiger partial charge in [-0.25, -0.2) is 8.42 Å². The first-order valence-electron chi connectivity index (χ1n) is 10.2. The van der Waals surface area contributed by atoms with Gasteiger partial charge in [-0.05, 0) is 66.9 Å². The molecular weight excluding hydrogens is 414 g/mol. The van der Waals surface area contributed by atoms with E-state index < -0.39 is 10.0 Å². The number of aryl methyl sites for hydroxylation is 1. The Morgan fingerprint density at radius 2 is 1.52 bits per heavy atom. The first kappa shape index (κ1) is 21.3. The number of nitrogens with zero attached hydrogens (tertiary/aromatic N) is 1. The Hall–Kier alpha value is -2.90. The number of hydrogen-bond donors (Lipinski definition) is 0. The van der Waals surface area contributed by atoms with Gasteiger partial charge in [-0.3, -0.25) is 4.79 Å². The fraction of sp³-hybridized carbons (Fsp3) is 0.292. The summed E-state index contributed by atoms with van der Waals surface area (Å²) in [5.41, 5.74) is 1.01. The molecule has 0 saturated carbocycles. The number of sulfonamides is 1. The van der Waals surface area contributed by atoms with Crippen molar-refractivity contribution in [1.29, 1.82) is 0 Å². The van der Waals surface area contributed by atoms with Crippen LogP contribution in [0.4, 0.5) is 0 Å². The van der Waals surface area contributed by atoms with Gasteiger partial charge in [0.2, 0.25) is 10.0 Å². The summed E-state index contributed by atoms with van der Waals surface area (Å²) in [6.07, 6.45) is 0.872. The van der Waals surface area contributed by atoms with Crippen molar-refractivity contribution in [3.05, 3.63) is 66.2 Å². The standard InChI is InChI=1S/C24H25NO5S/c1-17-3-9-23(10-4-17)31(27,28)25-13-11-19(12-14-25)24(26)30-22-8-6-18-5-7-21(29-2)15-20(18)16-22/h3-10,15-16,19H,11-14H2,1-2H3. The van der Waals surface area contributed by atoms with Crippen LogP contribution in [0.1, 0.15) is 18.4 Å². The van der Waals surface area contributed by atoms with E-state index in [1.54, 1.807) is 37.4 Å². The van der Waals surface area contributed by atoms with E-state index in [1.807, 2.05) is 37.3 Å². The SMILES string of the molecule is COc1ccc2ccc(OC(=O)C3CCN(S(=O)(=O)c4ccc(C)cc4)CC3)cc2c1. The van der Waals surface area contributed by atoms with Gasteiger partial charge in [0.1, 0.15) is 11.5 Å². The molecular formula is C24H25NO5S. The second kappa shape index (κ2) is 8.69. The van der Waals surface area contributed by atoms with Gasteiger partial charge in [0.05, 0.1) is 17.9 Å². The van der Waals surface area contributed by atoms with Crippen LogP contribution in [0.5, 0.6) is 11.5 Å². The van der Waals surface area contributed by atoms with Crippen molar-refractivity contribution in [1.82, 2.24) is 4.31 Å². The van der Waals surface area contributed by atoms with Crippen LogP contribution >= 0.6 is 0 Å². The molecule has 6 nitrogen and oxygen atoms in total. The minimum Gasteiger partial charge on any atom is -0.497 e. The molecule has 0 amide bonds. The van der Waals surface area contributed by atoms with Crippen LogP contribution in [0.3, 0.4) is 0 Å². The molecule has 1 saturated heterocycles. The van der Waals surface area contributed by atoms with Crippen molar-refractivity contribution in [2.75, 3.05) is 20.2 Å². The van der Waals surface area contributed by atoms with E-state index in [9.17, 15) is 13.2 Å². The minimum absolute atomic E-state index is 0.283. The molecule has 1 aliphatic heterocycles. The molecule has 0 aliphatic carbocycles. The third-order valence-electron chi connectivity index (χ3n) is 5.68. The number of methoxy groups -OCH3 is 1. The van der Waals surface area contributed by atoms with Crippen molar-refractivity contribution in [2.45, 2.75) is 24.7 Å². The molecule has 0 atom stereocenters. The number of ether oxygens (including phenoxy) is 2. The van der Waals surface area contributed by atoms with Crippen LogP contribution in [0, 0.1) is 12.8 Å². The van der Waals surface area contributed by atoms with Crippen LogP contribution in [0.25, 0.3) is 10.8 Å². The van der Waals surface area contributed by atoms with E-state index in [-0.39, 0.29) is 16.8 Å². The molecule has 3 aromatic rings. The maximum atomic E-state index is 12.8. The van der Waals surface area contributed by atoms with Crippen LogP contribution in [0.2, 0.25) is 0 Å². The number of rotatable bonds is 5. The van der Waals surface area contributed by atoms with E-state index >= 15 is 0 Å². The topological polar surface area (TPSA) is 72.9 Å². The van der Waals surface area contributed by atoms with Crippen LogP contribution in [-0.2, 0) is 14.8 Å². The minimum atomic E-state index is -3.55. The number of fused-ring (bicyclic) bond motifs is 1. The zero-order valence-corrected chi connectivity index (χ0v) is 18.4. The number of esters is 1. The van der Waals surface area contributed by atoms with Crippen LogP contribution < -0.4 is 9.47 Å². The lowest BCUT2D eigenvalue weighted by Gasteiger charge is -2.30. The Bertz CT molecular complexity index is 1200. The smallest absolute Gasteiger partial charge is 0.314 e. The summed E-state index contributed by atoms with van der Waals surface area (Å²) in [7, 11) is -1.94. The lowest BCUT2D eigenvalue weighted by Crippen LogP contribution is -2.41. The molecule has 0 bridgehead atoms. The van der Waals surface area contributed by atoms with E-state index in [0.29, 0.717) is 31.7 Å². The fourth-order valence-corrected chi connectivity index (χ4v) is 5.25. The van der Waals surface area contributed by atoms with E-state index in [2.05, 4.69) is 0 Å². The maximum Gasteiger partial charge on any atom is 0.314 e. The number of hydrogen-bond acceptors (Lipinski definition) is 5. The predicted octanol–water partition coefficient (Wildman–Crippen LogP) is 4.16. The zero-order valence-electron chi connectivity index (χ0n) is 17.6. The highest BCUT2D eigenvalue weighted by Crippen LogP contribution is 2.28. The maximum absolute atomic E-state index is 12.8. The lowest BCUT2D eigenvalue weighted by atomic mass is 9.98. The third-order valence-corrected chi connectivity index (χ3v) is 7.60. The highest BCUT2D eigenvalue weighted by molar-refractivity contribution is 7.89. The summed E-state index contributed by atoms with van der Waals surface area (Å²) in [6.45, 7) is 2.51. The van der Waals surface area contributed by atoms with Crippen molar-refractivity contribution in [2.24, 2.45) is 5.92 Å². The summed E-state index contributed by atoms with van der Waals surface area (Å²) in [5.74, 6) is 0.554. The van der Waals surface area contributed by atoms with Crippen molar-refractivity contribution in [3.8, 4) is 11.5 Å². The number of piperidine rings is 1.